The highest BCUT2D eigenvalue weighted by Crippen LogP contribution is 2.40. The van der Waals surface area contributed by atoms with Crippen LogP contribution in [0.3, 0.4) is 0 Å². The number of aliphatic hydroxyl groups excluding tert-OH is 1. The lowest BCUT2D eigenvalue weighted by molar-refractivity contribution is -0.205. The van der Waals surface area contributed by atoms with Gasteiger partial charge in [0, 0.05) is 25.4 Å². The van der Waals surface area contributed by atoms with Gasteiger partial charge < -0.3 is 25.8 Å². The van der Waals surface area contributed by atoms with E-state index < -0.39 is 17.2 Å². The molecule has 0 aliphatic carbocycles. The number of pyridine rings is 1. The number of nitrogens with one attached hydrogen (secondary N) is 1. The predicted molar refractivity (Wildman–Crippen MR) is 99.0 cm³/mol. The summed E-state index contributed by atoms with van der Waals surface area (Å²) in [7, 11) is 0. The third kappa shape index (κ3) is 3.83. The Morgan fingerprint density at radius 3 is 2.70 bits per heavy atom. The van der Waals surface area contributed by atoms with Crippen LogP contribution in [0.25, 0.3) is 0 Å². The van der Waals surface area contributed by atoms with Crippen LogP contribution >= 0.6 is 0 Å². The minimum absolute atomic E-state index is 0.0202. The maximum atomic E-state index is 12.7. The first-order valence-corrected chi connectivity index (χ1v) is 9.36. The largest absolute Gasteiger partial charge is 0.388 e. The number of aromatic nitrogens is 1. The average Bonchev–Trinajstić information content (AvgIpc) is 2.66. The van der Waals surface area contributed by atoms with Crippen LogP contribution in [-0.2, 0) is 9.53 Å². The molecule has 1 aromatic heterocycles. The SMILES string of the molecule is Cc1cccc(C(=O)N[C@]2(C)CCOC3(CCN(C(=O)CN)CC3)[C@H]2O)n1. The van der Waals surface area contributed by atoms with E-state index in [9.17, 15) is 14.7 Å². The molecule has 8 nitrogen and oxygen atoms in total. The van der Waals surface area contributed by atoms with Crippen molar-refractivity contribution >= 4 is 11.8 Å². The summed E-state index contributed by atoms with van der Waals surface area (Å²) in [6.07, 6.45) is 0.628. The molecule has 2 fully saturated rings. The van der Waals surface area contributed by atoms with Crippen LogP contribution in [0.4, 0.5) is 0 Å². The number of hydrogen-bond donors (Lipinski definition) is 3. The second-order valence-electron chi connectivity index (χ2n) is 7.69. The van der Waals surface area contributed by atoms with Gasteiger partial charge in [0.05, 0.1) is 17.7 Å². The van der Waals surface area contributed by atoms with E-state index in [1.807, 2.05) is 19.9 Å². The molecule has 4 N–H and O–H groups in total. The van der Waals surface area contributed by atoms with Gasteiger partial charge in [0.1, 0.15) is 11.8 Å². The lowest BCUT2D eigenvalue weighted by atomic mass is 9.73. The summed E-state index contributed by atoms with van der Waals surface area (Å²) in [5.74, 6) is -0.412. The van der Waals surface area contributed by atoms with Crippen molar-refractivity contribution in [3.05, 3.63) is 29.6 Å². The normalized spacial score (nSPS) is 27.4. The number of likely N-dealkylation sites (tertiary alicyclic amines) is 1. The average molecular weight is 376 g/mol. The first kappa shape index (κ1) is 19.7. The van der Waals surface area contributed by atoms with E-state index in [1.54, 1.807) is 17.0 Å². The van der Waals surface area contributed by atoms with E-state index in [2.05, 4.69) is 10.3 Å². The Kier molecular flexibility index (Phi) is 5.50. The highest BCUT2D eigenvalue weighted by Gasteiger charge is 2.54. The minimum Gasteiger partial charge on any atom is -0.388 e. The molecular weight excluding hydrogens is 348 g/mol. The molecule has 2 aliphatic rings. The molecule has 3 heterocycles. The number of piperidine rings is 1. The lowest BCUT2D eigenvalue weighted by Crippen LogP contribution is -2.69. The number of rotatable bonds is 3. The van der Waals surface area contributed by atoms with Crippen LogP contribution in [-0.4, -0.2) is 70.3 Å². The van der Waals surface area contributed by atoms with Gasteiger partial charge >= 0.3 is 0 Å². The molecule has 3 rings (SSSR count). The highest BCUT2D eigenvalue weighted by molar-refractivity contribution is 5.92. The van der Waals surface area contributed by atoms with Gasteiger partial charge in [0.15, 0.2) is 0 Å². The van der Waals surface area contributed by atoms with Gasteiger partial charge in [0.25, 0.3) is 5.91 Å². The van der Waals surface area contributed by atoms with E-state index in [-0.39, 0.29) is 18.4 Å². The number of amides is 2. The summed E-state index contributed by atoms with van der Waals surface area (Å²) in [6, 6.07) is 5.27. The smallest absolute Gasteiger partial charge is 0.270 e. The fraction of sp³-hybridized carbons (Fsp3) is 0.632. The molecule has 2 aliphatic heterocycles. The Morgan fingerprint density at radius 2 is 2.07 bits per heavy atom. The number of hydrogen-bond acceptors (Lipinski definition) is 6. The van der Waals surface area contributed by atoms with Gasteiger partial charge in [-0.1, -0.05) is 6.07 Å². The minimum atomic E-state index is -0.886. The van der Waals surface area contributed by atoms with Crippen molar-refractivity contribution in [2.75, 3.05) is 26.2 Å². The Bertz CT molecular complexity index is 717. The van der Waals surface area contributed by atoms with Crippen LogP contribution in [0.15, 0.2) is 18.2 Å². The van der Waals surface area contributed by atoms with Crippen LogP contribution in [0, 0.1) is 6.92 Å². The van der Waals surface area contributed by atoms with Crippen molar-refractivity contribution < 1.29 is 19.4 Å². The molecule has 0 bridgehead atoms. The summed E-state index contributed by atoms with van der Waals surface area (Å²) in [5, 5.41) is 14.1. The number of nitrogens with two attached hydrogens (primary N) is 1. The quantitative estimate of drug-likeness (QED) is 0.682. The fourth-order valence-electron chi connectivity index (χ4n) is 4.07. The Balaban J connectivity index is 1.73. The lowest BCUT2D eigenvalue weighted by Gasteiger charge is -2.53. The van der Waals surface area contributed by atoms with Gasteiger partial charge in [-0.3, -0.25) is 9.59 Å². The van der Waals surface area contributed by atoms with Gasteiger partial charge in [-0.05, 0) is 45.2 Å². The number of carbonyl (C=O) groups is 2. The van der Waals surface area contributed by atoms with E-state index in [0.29, 0.717) is 44.7 Å². The number of ether oxygens (including phenoxy) is 1. The molecular formula is C19H28N4O4. The molecule has 8 heteroatoms. The molecule has 1 spiro atoms. The molecule has 2 saturated heterocycles. The van der Waals surface area contributed by atoms with Crippen LogP contribution in [0.1, 0.15) is 42.4 Å². The van der Waals surface area contributed by atoms with E-state index >= 15 is 0 Å². The van der Waals surface area contributed by atoms with E-state index in [4.69, 9.17) is 10.5 Å². The molecule has 2 amide bonds. The molecule has 0 unspecified atom stereocenters. The van der Waals surface area contributed by atoms with Crippen molar-refractivity contribution in [1.29, 1.82) is 0 Å². The third-order valence-corrected chi connectivity index (χ3v) is 5.77. The number of aliphatic hydroxyl groups is 1. The topological polar surface area (TPSA) is 118 Å². The van der Waals surface area contributed by atoms with Crippen molar-refractivity contribution in [3.8, 4) is 0 Å². The van der Waals surface area contributed by atoms with Gasteiger partial charge in [0.2, 0.25) is 5.91 Å². The highest BCUT2D eigenvalue weighted by atomic mass is 16.5. The van der Waals surface area contributed by atoms with Crippen molar-refractivity contribution in [3.63, 3.8) is 0 Å². The van der Waals surface area contributed by atoms with Crippen molar-refractivity contribution in [2.45, 2.75) is 50.4 Å². The zero-order chi connectivity index (χ0) is 19.7. The predicted octanol–water partition coefficient (Wildman–Crippen LogP) is -0.0204. The fourth-order valence-corrected chi connectivity index (χ4v) is 4.07. The summed E-state index contributed by atoms with van der Waals surface area (Å²) in [4.78, 5) is 30.4. The van der Waals surface area contributed by atoms with E-state index in [0.717, 1.165) is 5.69 Å². The van der Waals surface area contributed by atoms with Gasteiger partial charge in [-0.25, -0.2) is 4.98 Å². The summed E-state index contributed by atoms with van der Waals surface area (Å²) < 4.78 is 6.00. The second-order valence-corrected chi connectivity index (χ2v) is 7.69. The monoisotopic (exact) mass is 376 g/mol. The second kappa shape index (κ2) is 7.53. The van der Waals surface area contributed by atoms with Crippen LogP contribution in [0.2, 0.25) is 0 Å². The molecule has 0 radical (unpaired) electrons. The van der Waals surface area contributed by atoms with Crippen molar-refractivity contribution in [2.24, 2.45) is 5.73 Å². The molecule has 2 atom stereocenters. The molecule has 27 heavy (non-hydrogen) atoms. The Morgan fingerprint density at radius 1 is 1.37 bits per heavy atom. The van der Waals surface area contributed by atoms with Gasteiger partial charge in [-0.2, -0.15) is 0 Å². The summed E-state index contributed by atoms with van der Waals surface area (Å²) in [6.45, 7) is 5.04. The number of carbonyl (C=O) groups excluding carboxylic acids is 2. The zero-order valence-corrected chi connectivity index (χ0v) is 15.9. The van der Waals surface area contributed by atoms with Gasteiger partial charge in [-0.15, -0.1) is 0 Å². The first-order valence-electron chi connectivity index (χ1n) is 9.36. The third-order valence-electron chi connectivity index (χ3n) is 5.77. The maximum Gasteiger partial charge on any atom is 0.270 e. The number of aryl methyl sites for hydroxylation is 1. The van der Waals surface area contributed by atoms with Crippen molar-refractivity contribution in [1.82, 2.24) is 15.2 Å². The number of nitrogens with zero attached hydrogens (tertiary/aromatic N) is 2. The molecule has 0 aromatic carbocycles. The zero-order valence-electron chi connectivity index (χ0n) is 15.9. The maximum absolute atomic E-state index is 12.7. The van der Waals surface area contributed by atoms with Crippen LogP contribution < -0.4 is 11.1 Å². The standard InChI is InChI=1S/C19H28N4O4/c1-13-4-3-5-14(21-13)16(25)22-18(2)8-11-27-19(17(18)26)6-9-23(10-7-19)15(24)12-20/h3-5,17,26H,6-12,20H2,1-2H3,(H,22,25)/t17-,18+/m0/s1. The molecule has 148 valence electrons. The Hall–Kier alpha value is -2.03. The Labute approximate surface area is 159 Å². The first-order chi connectivity index (χ1) is 12.8. The summed E-state index contributed by atoms with van der Waals surface area (Å²) >= 11 is 0. The van der Waals surface area contributed by atoms with Crippen LogP contribution in [0.5, 0.6) is 0 Å². The summed E-state index contributed by atoms with van der Waals surface area (Å²) in [5.41, 5.74) is 4.92. The molecule has 1 aromatic rings. The van der Waals surface area contributed by atoms with E-state index in [1.165, 1.54) is 0 Å². The molecule has 0 saturated carbocycles.